The van der Waals surface area contributed by atoms with Crippen LogP contribution in [0.1, 0.15) is 0 Å². The number of aliphatic hydroxyl groups excluding tert-OH is 1. The third kappa shape index (κ3) is 3.47. The second-order valence-electron chi connectivity index (χ2n) is 2.51. The van der Waals surface area contributed by atoms with E-state index in [1.54, 1.807) is 5.38 Å². The molecule has 0 aromatic carbocycles. The quantitative estimate of drug-likeness (QED) is 0.899. The summed E-state index contributed by atoms with van der Waals surface area (Å²) in [5.74, 6) is 0. The molecule has 1 aromatic rings. The summed E-state index contributed by atoms with van der Waals surface area (Å²) in [6.07, 6.45) is -2.43. The van der Waals surface area contributed by atoms with Gasteiger partial charge in [0.05, 0.1) is 13.2 Å². The van der Waals surface area contributed by atoms with Gasteiger partial charge in [0.25, 0.3) is 6.43 Å². The minimum absolute atomic E-state index is 0.163. The molecule has 80 valence electrons. The van der Waals surface area contributed by atoms with Crippen molar-refractivity contribution in [3.63, 3.8) is 0 Å². The molecule has 3 nitrogen and oxygen atoms in total. The first kappa shape index (κ1) is 11.8. The molecular weight excluding hydrogens is 278 g/mol. The van der Waals surface area contributed by atoms with Crippen LogP contribution in [0.2, 0.25) is 0 Å². The zero-order chi connectivity index (χ0) is 10.6. The Hall–Kier alpha value is -0.270. The zero-order valence-corrected chi connectivity index (χ0v) is 9.56. The first-order valence-electron chi connectivity index (χ1n) is 3.88. The molecule has 0 radical (unpaired) electrons. The fourth-order valence-corrected chi connectivity index (χ4v) is 2.23. The fraction of sp³-hybridized carbons (Fsp3) is 0.571. The van der Waals surface area contributed by atoms with Crippen molar-refractivity contribution in [2.75, 3.05) is 24.6 Å². The Bertz CT molecular complexity index is 284. The fourth-order valence-electron chi connectivity index (χ4n) is 0.943. The van der Waals surface area contributed by atoms with Gasteiger partial charge in [-0.15, -0.1) is 11.3 Å². The van der Waals surface area contributed by atoms with Crippen LogP contribution in [0, 0.1) is 0 Å². The van der Waals surface area contributed by atoms with Gasteiger partial charge in [0.2, 0.25) is 0 Å². The zero-order valence-electron chi connectivity index (χ0n) is 7.16. The van der Waals surface area contributed by atoms with E-state index in [4.69, 9.17) is 5.11 Å². The van der Waals surface area contributed by atoms with Gasteiger partial charge >= 0.3 is 0 Å². The normalized spacial score (nSPS) is 10.9. The number of halogens is 3. The number of aromatic nitrogens is 1. The second kappa shape index (κ2) is 5.57. The lowest BCUT2D eigenvalue weighted by atomic mass is 10.5. The molecule has 0 aliphatic rings. The largest absolute Gasteiger partial charge is 0.395 e. The monoisotopic (exact) mass is 286 g/mol. The van der Waals surface area contributed by atoms with Gasteiger partial charge in [0.15, 0.2) is 5.13 Å². The summed E-state index contributed by atoms with van der Waals surface area (Å²) in [6.45, 7) is -0.394. The van der Waals surface area contributed by atoms with E-state index in [1.165, 1.54) is 16.2 Å². The van der Waals surface area contributed by atoms with Crippen molar-refractivity contribution in [3.8, 4) is 0 Å². The highest BCUT2D eigenvalue weighted by Gasteiger charge is 2.14. The Balaban J connectivity index is 2.66. The Kier molecular flexibility index (Phi) is 4.70. The number of alkyl halides is 2. The standard InChI is InChI=1S/C7H9BrF2N2OS/c8-5-4-14-7(11-5)12(1-2-13)3-6(9)10/h4,6,13H,1-3H2. The molecule has 1 N–H and O–H groups in total. The molecule has 1 aromatic heterocycles. The van der Waals surface area contributed by atoms with E-state index in [9.17, 15) is 8.78 Å². The molecule has 0 saturated carbocycles. The van der Waals surface area contributed by atoms with Crippen molar-refractivity contribution in [1.29, 1.82) is 0 Å². The molecule has 0 amide bonds. The van der Waals surface area contributed by atoms with Crippen LogP contribution in [-0.2, 0) is 0 Å². The van der Waals surface area contributed by atoms with Crippen molar-refractivity contribution < 1.29 is 13.9 Å². The molecule has 0 unspecified atom stereocenters. The average molecular weight is 287 g/mol. The number of hydrogen-bond acceptors (Lipinski definition) is 4. The highest BCUT2D eigenvalue weighted by Crippen LogP contribution is 2.23. The number of hydrogen-bond donors (Lipinski definition) is 1. The van der Waals surface area contributed by atoms with E-state index in [-0.39, 0.29) is 13.2 Å². The third-order valence-corrected chi connectivity index (χ3v) is 3.07. The molecule has 1 heterocycles. The van der Waals surface area contributed by atoms with Crippen LogP contribution in [0.15, 0.2) is 9.98 Å². The molecule has 0 aliphatic carbocycles. The van der Waals surface area contributed by atoms with Crippen molar-refractivity contribution in [1.82, 2.24) is 4.98 Å². The van der Waals surface area contributed by atoms with Crippen molar-refractivity contribution in [3.05, 3.63) is 9.98 Å². The van der Waals surface area contributed by atoms with Gasteiger partial charge in [0, 0.05) is 11.9 Å². The van der Waals surface area contributed by atoms with Crippen LogP contribution in [0.25, 0.3) is 0 Å². The number of thiazole rings is 1. The molecule has 0 atom stereocenters. The number of rotatable bonds is 5. The average Bonchev–Trinajstić information content (AvgIpc) is 2.50. The highest BCUT2D eigenvalue weighted by molar-refractivity contribution is 9.10. The van der Waals surface area contributed by atoms with Gasteiger partial charge in [-0.3, -0.25) is 0 Å². The smallest absolute Gasteiger partial charge is 0.255 e. The van der Waals surface area contributed by atoms with Crippen LogP contribution >= 0.6 is 27.3 Å². The molecule has 7 heteroatoms. The second-order valence-corrected chi connectivity index (χ2v) is 4.16. The molecule has 1 rings (SSSR count). The molecule has 0 bridgehead atoms. The molecule has 0 aliphatic heterocycles. The summed E-state index contributed by atoms with van der Waals surface area (Å²) in [6, 6.07) is 0. The van der Waals surface area contributed by atoms with Crippen LogP contribution in [0.5, 0.6) is 0 Å². The van der Waals surface area contributed by atoms with Gasteiger partial charge in [-0.2, -0.15) is 0 Å². The van der Waals surface area contributed by atoms with Gasteiger partial charge in [-0.1, -0.05) is 0 Å². The van der Waals surface area contributed by atoms with Crippen molar-refractivity contribution in [2.24, 2.45) is 0 Å². The minimum atomic E-state index is -2.43. The Labute approximate surface area is 92.5 Å². The summed E-state index contributed by atoms with van der Waals surface area (Å²) in [5.41, 5.74) is 0. The summed E-state index contributed by atoms with van der Waals surface area (Å²) < 4.78 is 24.9. The van der Waals surface area contributed by atoms with Crippen LogP contribution < -0.4 is 4.90 Å². The Morgan fingerprint density at radius 2 is 2.36 bits per heavy atom. The van der Waals surface area contributed by atoms with Crippen LogP contribution in [0.4, 0.5) is 13.9 Å². The van der Waals surface area contributed by atoms with E-state index in [0.29, 0.717) is 9.73 Å². The lowest BCUT2D eigenvalue weighted by Gasteiger charge is -2.19. The number of nitrogens with zero attached hydrogens (tertiary/aromatic N) is 2. The molecule has 0 spiro atoms. The lowest BCUT2D eigenvalue weighted by Crippen LogP contribution is -2.31. The van der Waals surface area contributed by atoms with E-state index < -0.39 is 13.0 Å². The van der Waals surface area contributed by atoms with Crippen molar-refractivity contribution >= 4 is 32.4 Å². The maximum atomic E-state index is 12.1. The first-order valence-corrected chi connectivity index (χ1v) is 5.55. The molecule has 14 heavy (non-hydrogen) atoms. The predicted octanol–water partition coefficient (Wildman–Crippen LogP) is 1.97. The van der Waals surface area contributed by atoms with Crippen molar-refractivity contribution in [2.45, 2.75) is 6.43 Å². The van der Waals surface area contributed by atoms with E-state index in [0.717, 1.165) is 0 Å². The Morgan fingerprint density at radius 1 is 1.64 bits per heavy atom. The SMILES string of the molecule is OCCN(CC(F)F)c1nc(Br)cs1. The summed E-state index contributed by atoms with van der Waals surface area (Å²) in [7, 11) is 0. The molecule has 0 fully saturated rings. The summed E-state index contributed by atoms with van der Waals surface area (Å²) >= 11 is 4.40. The van der Waals surface area contributed by atoms with E-state index >= 15 is 0 Å². The molecule has 0 saturated heterocycles. The van der Waals surface area contributed by atoms with Crippen LogP contribution in [-0.4, -0.2) is 36.2 Å². The van der Waals surface area contributed by atoms with Crippen LogP contribution in [0.3, 0.4) is 0 Å². The highest BCUT2D eigenvalue weighted by atomic mass is 79.9. The maximum absolute atomic E-state index is 12.1. The topological polar surface area (TPSA) is 36.4 Å². The minimum Gasteiger partial charge on any atom is -0.395 e. The van der Waals surface area contributed by atoms with Gasteiger partial charge in [-0.05, 0) is 15.9 Å². The van der Waals surface area contributed by atoms with Gasteiger partial charge < -0.3 is 10.0 Å². The van der Waals surface area contributed by atoms with E-state index in [1.807, 2.05) is 0 Å². The van der Waals surface area contributed by atoms with E-state index in [2.05, 4.69) is 20.9 Å². The number of aliphatic hydroxyl groups is 1. The lowest BCUT2D eigenvalue weighted by molar-refractivity contribution is 0.153. The van der Waals surface area contributed by atoms with Gasteiger partial charge in [0.1, 0.15) is 4.60 Å². The maximum Gasteiger partial charge on any atom is 0.255 e. The Morgan fingerprint density at radius 3 is 2.79 bits per heavy atom. The summed E-state index contributed by atoms with van der Waals surface area (Å²) in [5, 5.41) is 10.9. The van der Waals surface area contributed by atoms with Gasteiger partial charge in [-0.25, -0.2) is 13.8 Å². The number of anilines is 1. The summed E-state index contributed by atoms with van der Waals surface area (Å²) in [4.78, 5) is 5.36. The predicted molar refractivity (Wildman–Crippen MR) is 55.1 cm³/mol. The molecular formula is C7H9BrF2N2OS. The third-order valence-electron chi connectivity index (χ3n) is 1.46. The first-order chi connectivity index (χ1) is 6.63.